The van der Waals surface area contributed by atoms with Gasteiger partial charge in [-0.1, -0.05) is 25.7 Å². The monoisotopic (exact) mass is 514 g/mol. The Hall–Kier alpha value is -0.340. The maximum absolute atomic E-state index is 9.92. The molecule has 172 valence electrons. The molecule has 0 aliphatic carbocycles. The predicted molar refractivity (Wildman–Crippen MR) is 136 cm³/mol. The average Bonchev–Trinajstić information content (AvgIpc) is 2.96. The smallest absolute Gasteiger partial charge is 0.185 e. The molecule has 5 nitrogen and oxygen atoms in total. The number of hydrogen-bond acceptors (Lipinski definition) is 5. The number of aromatic nitrogens is 1. The number of thiazole rings is 1. The standard InChI is InChI=1S/C10H15ClN2S.C7H14N2S.C3H4Cl2O/c11-7-9-8-14-10(12-9)13-5-3-1-2-4-6-13;8-7(10)9-5-3-1-2-4-6-9;4-1-3(6)2-5/h8H,1-7H2;1-6H2,(H2,8,10);1-2H2. The molecule has 1 aromatic rings. The van der Waals surface area contributed by atoms with Crippen LogP contribution in [0.4, 0.5) is 5.13 Å². The fourth-order valence-electron chi connectivity index (χ4n) is 3.09. The molecule has 0 saturated carbocycles. The van der Waals surface area contributed by atoms with E-state index in [1.54, 1.807) is 11.3 Å². The lowest BCUT2D eigenvalue weighted by atomic mass is 10.2. The molecule has 1 aromatic heterocycles. The number of halogens is 3. The highest BCUT2D eigenvalue weighted by Gasteiger charge is 2.12. The third-order valence-electron chi connectivity index (χ3n) is 4.77. The van der Waals surface area contributed by atoms with E-state index in [4.69, 9.17) is 52.8 Å². The zero-order chi connectivity index (χ0) is 22.2. The molecule has 3 rings (SSSR count). The third-order valence-corrected chi connectivity index (χ3v) is 6.85. The minimum absolute atomic E-state index is 0.0312. The van der Waals surface area contributed by atoms with Crippen LogP contribution in [0.15, 0.2) is 5.38 Å². The van der Waals surface area contributed by atoms with E-state index < -0.39 is 0 Å². The van der Waals surface area contributed by atoms with Gasteiger partial charge in [-0.3, -0.25) is 4.79 Å². The fourth-order valence-corrected chi connectivity index (χ4v) is 4.67. The predicted octanol–water partition coefficient (Wildman–Crippen LogP) is 5.40. The number of carbonyl (C=O) groups is 1. The van der Waals surface area contributed by atoms with Crippen molar-refractivity contribution in [2.75, 3.05) is 42.8 Å². The van der Waals surface area contributed by atoms with E-state index >= 15 is 0 Å². The number of nitrogens with zero attached hydrogens (tertiary/aromatic N) is 3. The van der Waals surface area contributed by atoms with Crippen molar-refractivity contribution in [2.24, 2.45) is 5.73 Å². The van der Waals surface area contributed by atoms with Gasteiger partial charge >= 0.3 is 0 Å². The first kappa shape index (κ1) is 27.7. The Balaban J connectivity index is 0.000000247. The van der Waals surface area contributed by atoms with Crippen molar-refractivity contribution in [1.29, 1.82) is 0 Å². The fraction of sp³-hybridized carbons (Fsp3) is 0.750. The largest absolute Gasteiger partial charge is 0.376 e. The first-order valence-electron chi connectivity index (χ1n) is 10.4. The maximum atomic E-state index is 9.92. The lowest BCUT2D eigenvalue weighted by molar-refractivity contribution is -0.114. The Morgan fingerprint density at radius 3 is 1.83 bits per heavy atom. The summed E-state index contributed by atoms with van der Waals surface area (Å²) in [6, 6.07) is 0. The Labute approximate surface area is 205 Å². The molecule has 0 spiro atoms. The van der Waals surface area contributed by atoms with Gasteiger partial charge in [0, 0.05) is 31.6 Å². The van der Waals surface area contributed by atoms with Crippen LogP contribution in [0, 0.1) is 0 Å². The van der Waals surface area contributed by atoms with Gasteiger partial charge in [-0.25, -0.2) is 4.98 Å². The molecule has 3 heterocycles. The topological polar surface area (TPSA) is 62.5 Å². The van der Waals surface area contributed by atoms with Gasteiger partial charge in [0.1, 0.15) is 0 Å². The summed E-state index contributed by atoms with van der Waals surface area (Å²) in [7, 11) is 0. The van der Waals surface area contributed by atoms with Crippen molar-refractivity contribution in [3.8, 4) is 0 Å². The summed E-state index contributed by atoms with van der Waals surface area (Å²) < 4.78 is 0. The molecule has 2 aliphatic heterocycles. The quantitative estimate of drug-likeness (QED) is 0.428. The SMILES string of the molecule is ClCc1csc(N2CCCCCC2)n1.NC(=S)N1CCCCCC1.O=C(CCl)CCl. The summed E-state index contributed by atoms with van der Waals surface area (Å²) in [4.78, 5) is 18.9. The lowest BCUT2D eigenvalue weighted by Gasteiger charge is -2.19. The van der Waals surface area contributed by atoms with Gasteiger partial charge in [0.25, 0.3) is 0 Å². The van der Waals surface area contributed by atoms with Crippen LogP contribution < -0.4 is 10.6 Å². The van der Waals surface area contributed by atoms with Crippen molar-refractivity contribution in [3.63, 3.8) is 0 Å². The number of nitrogens with two attached hydrogens (primary N) is 1. The third kappa shape index (κ3) is 11.9. The van der Waals surface area contributed by atoms with Crippen LogP contribution in [0.25, 0.3) is 0 Å². The Bertz CT molecular complexity index is 597. The average molecular weight is 516 g/mol. The summed E-state index contributed by atoms with van der Waals surface area (Å²) >= 11 is 22.4. The molecular weight excluding hydrogens is 483 g/mol. The number of Topliss-reactive ketones (excluding diaryl/α,β-unsaturated/α-hetero) is 1. The van der Waals surface area contributed by atoms with Crippen LogP contribution in [0.2, 0.25) is 0 Å². The Morgan fingerprint density at radius 2 is 1.47 bits per heavy atom. The van der Waals surface area contributed by atoms with E-state index in [0.29, 0.717) is 11.0 Å². The van der Waals surface area contributed by atoms with Gasteiger partial charge in [0.05, 0.1) is 23.3 Å². The van der Waals surface area contributed by atoms with Crippen LogP contribution in [-0.4, -0.2) is 58.7 Å². The summed E-state index contributed by atoms with van der Waals surface area (Å²) in [5.74, 6) is 0.468. The van der Waals surface area contributed by atoms with Crippen LogP contribution in [0.3, 0.4) is 0 Å². The summed E-state index contributed by atoms with van der Waals surface area (Å²) in [5, 5.41) is 3.79. The first-order chi connectivity index (χ1) is 14.5. The molecule has 0 unspecified atom stereocenters. The molecule has 2 N–H and O–H groups in total. The van der Waals surface area contributed by atoms with E-state index in [1.807, 2.05) is 0 Å². The van der Waals surface area contributed by atoms with E-state index in [0.717, 1.165) is 37.0 Å². The molecular formula is C20H33Cl3N4OS2. The van der Waals surface area contributed by atoms with E-state index in [2.05, 4.69) is 20.2 Å². The second-order valence-electron chi connectivity index (χ2n) is 7.20. The molecule has 30 heavy (non-hydrogen) atoms. The minimum atomic E-state index is -0.127. The Kier molecular flexibility index (Phi) is 15.9. The normalized spacial score (nSPS) is 16.9. The van der Waals surface area contributed by atoms with Crippen molar-refractivity contribution in [3.05, 3.63) is 11.1 Å². The number of rotatable bonds is 4. The van der Waals surface area contributed by atoms with Gasteiger partial charge in [-0.05, 0) is 37.9 Å². The van der Waals surface area contributed by atoms with Crippen LogP contribution >= 0.6 is 58.4 Å². The Morgan fingerprint density at radius 1 is 0.967 bits per heavy atom. The van der Waals surface area contributed by atoms with Crippen molar-refractivity contribution >= 4 is 74.4 Å². The molecule has 10 heteroatoms. The van der Waals surface area contributed by atoms with E-state index in [9.17, 15) is 4.79 Å². The van der Waals surface area contributed by atoms with Crippen molar-refractivity contribution < 1.29 is 4.79 Å². The number of anilines is 1. The van der Waals surface area contributed by atoms with Gasteiger partial charge in [-0.2, -0.15) is 0 Å². The number of likely N-dealkylation sites (tertiary alicyclic amines) is 1. The molecule has 2 saturated heterocycles. The molecule has 0 radical (unpaired) electrons. The highest BCUT2D eigenvalue weighted by atomic mass is 35.5. The highest BCUT2D eigenvalue weighted by molar-refractivity contribution is 7.80. The molecule has 0 atom stereocenters. The first-order valence-corrected chi connectivity index (χ1v) is 13.3. The molecule has 0 bridgehead atoms. The number of hydrogen-bond donors (Lipinski definition) is 1. The van der Waals surface area contributed by atoms with Gasteiger partial charge < -0.3 is 15.5 Å². The van der Waals surface area contributed by atoms with Crippen molar-refractivity contribution in [2.45, 2.75) is 57.2 Å². The van der Waals surface area contributed by atoms with E-state index in [1.165, 1.54) is 51.4 Å². The number of ketones is 1. The molecule has 2 aliphatic rings. The lowest BCUT2D eigenvalue weighted by Crippen LogP contribution is -2.35. The van der Waals surface area contributed by atoms with Crippen LogP contribution in [-0.2, 0) is 10.7 Å². The number of carbonyl (C=O) groups excluding carboxylic acids is 1. The minimum Gasteiger partial charge on any atom is -0.376 e. The maximum Gasteiger partial charge on any atom is 0.185 e. The van der Waals surface area contributed by atoms with Gasteiger partial charge in [-0.15, -0.1) is 46.1 Å². The number of thiocarbonyl (C=S) groups is 1. The summed E-state index contributed by atoms with van der Waals surface area (Å²) in [5.41, 5.74) is 6.50. The number of alkyl halides is 3. The van der Waals surface area contributed by atoms with Gasteiger partial charge in [0.15, 0.2) is 16.0 Å². The summed E-state index contributed by atoms with van der Waals surface area (Å²) in [6.45, 7) is 4.45. The molecule has 0 aromatic carbocycles. The zero-order valence-corrected chi connectivity index (χ0v) is 21.4. The summed E-state index contributed by atoms with van der Waals surface area (Å²) in [6.07, 6.45) is 10.5. The molecule has 0 amide bonds. The second kappa shape index (κ2) is 17.2. The van der Waals surface area contributed by atoms with Crippen LogP contribution in [0.1, 0.15) is 57.1 Å². The second-order valence-corrected chi connectivity index (χ2v) is 9.26. The highest BCUT2D eigenvalue weighted by Crippen LogP contribution is 2.24. The van der Waals surface area contributed by atoms with Gasteiger partial charge in [0.2, 0.25) is 0 Å². The molecule has 2 fully saturated rings. The van der Waals surface area contributed by atoms with Crippen LogP contribution in [0.5, 0.6) is 0 Å². The van der Waals surface area contributed by atoms with E-state index in [-0.39, 0.29) is 17.5 Å². The zero-order valence-electron chi connectivity index (χ0n) is 17.5. The van der Waals surface area contributed by atoms with Crippen molar-refractivity contribution in [1.82, 2.24) is 9.88 Å².